The van der Waals surface area contributed by atoms with Gasteiger partial charge in [-0.2, -0.15) is 0 Å². The number of nitrogens with two attached hydrogens (primary N) is 1. The molecule has 0 saturated carbocycles. The Labute approximate surface area is 122 Å². The smallest absolute Gasteiger partial charge is 0.258 e. The summed E-state index contributed by atoms with van der Waals surface area (Å²) >= 11 is 3.34. The van der Waals surface area contributed by atoms with E-state index < -0.39 is 17.5 Å². The third-order valence-electron chi connectivity index (χ3n) is 2.75. The lowest BCUT2D eigenvalue weighted by Gasteiger charge is -2.09. The van der Waals surface area contributed by atoms with E-state index in [9.17, 15) is 13.6 Å². The molecule has 6 heteroatoms. The standard InChI is InChI=1S/C14H11BrF2N2O/c1-7-4-8(2-3-10(7)15)19-14(20)9-5-13(18)12(17)6-11(9)16/h2-6H,18H2,1H3,(H,19,20). The molecule has 0 atom stereocenters. The summed E-state index contributed by atoms with van der Waals surface area (Å²) in [5.74, 6) is -2.53. The summed E-state index contributed by atoms with van der Waals surface area (Å²) in [5.41, 5.74) is 6.19. The number of carbonyl (C=O) groups excluding carboxylic acids is 1. The lowest BCUT2D eigenvalue weighted by Crippen LogP contribution is -2.14. The van der Waals surface area contributed by atoms with E-state index in [1.165, 1.54) is 0 Å². The topological polar surface area (TPSA) is 55.1 Å². The number of amides is 1. The number of nitrogen functional groups attached to an aromatic ring is 1. The van der Waals surface area contributed by atoms with Crippen molar-refractivity contribution < 1.29 is 13.6 Å². The van der Waals surface area contributed by atoms with Gasteiger partial charge in [-0.25, -0.2) is 8.78 Å². The number of hydrogen-bond acceptors (Lipinski definition) is 2. The van der Waals surface area contributed by atoms with Gasteiger partial charge in [0.15, 0.2) is 0 Å². The summed E-state index contributed by atoms with van der Waals surface area (Å²) in [6.07, 6.45) is 0. The maximum Gasteiger partial charge on any atom is 0.258 e. The van der Waals surface area contributed by atoms with Gasteiger partial charge in [0, 0.05) is 16.2 Å². The molecule has 3 nitrogen and oxygen atoms in total. The quantitative estimate of drug-likeness (QED) is 0.815. The first-order chi connectivity index (χ1) is 9.38. The average molecular weight is 341 g/mol. The number of anilines is 2. The van der Waals surface area contributed by atoms with E-state index >= 15 is 0 Å². The molecule has 2 aromatic carbocycles. The number of aryl methyl sites for hydroxylation is 1. The molecule has 0 aromatic heterocycles. The number of carbonyl (C=O) groups is 1. The Kier molecular flexibility index (Phi) is 4.04. The number of nitrogens with one attached hydrogen (secondary N) is 1. The zero-order chi connectivity index (χ0) is 14.9. The first-order valence-electron chi connectivity index (χ1n) is 5.70. The summed E-state index contributed by atoms with van der Waals surface area (Å²) in [6.45, 7) is 1.86. The van der Waals surface area contributed by atoms with Crippen molar-refractivity contribution in [3.63, 3.8) is 0 Å². The van der Waals surface area contributed by atoms with Crippen LogP contribution in [0.25, 0.3) is 0 Å². The van der Waals surface area contributed by atoms with E-state index in [0.717, 1.165) is 16.1 Å². The normalized spacial score (nSPS) is 10.4. The maximum absolute atomic E-state index is 13.6. The highest BCUT2D eigenvalue weighted by Crippen LogP contribution is 2.22. The first kappa shape index (κ1) is 14.5. The SMILES string of the molecule is Cc1cc(NC(=O)c2cc(N)c(F)cc2F)ccc1Br. The molecular formula is C14H11BrF2N2O. The zero-order valence-electron chi connectivity index (χ0n) is 10.5. The van der Waals surface area contributed by atoms with Gasteiger partial charge in [-0.1, -0.05) is 15.9 Å². The Morgan fingerprint density at radius 2 is 1.90 bits per heavy atom. The van der Waals surface area contributed by atoms with Gasteiger partial charge >= 0.3 is 0 Å². The molecule has 0 aliphatic carbocycles. The molecule has 2 aromatic rings. The Bertz CT molecular complexity index is 689. The molecule has 20 heavy (non-hydrogen) atoms. The van der Waals surface area contributed by atoms with Crippen molar-refractivity contribution >= 4 is 33.2 Å². The van der Waals surface area contributed by atoms with Crippen LogP contribution < -0.4 is 11.1 Å². The molecular weight excluding hydrogens is 330 g/mol. The van der Waals surface area contributed by atoms with Crippen LogP contribution >= 0.6 is 15.9 Å². The number of rotatable bonds is 2. The van der Waals surface area contributed by atoms with Gasteiger partial charge in [-0.15, -0.1) is 0 Å². The molecule has 0 aliphatic rings. The van der Waals surface area contributed by atoms with Gasteiger partial charge in [0.25, 0.3) is 5.91 Å². The van der Waals surface area contributed by atoms with Gasteiger partial charge < -0.3 is 11.1 Å². The molecule has 0 bridgehead atoms. The second-order valence-corrected chi connectivity index (χ2v) is 5.13. The van der Waals surface area contributed by atoms with Gasteiger partial charge in [0.2, 0.25) is 0 Å². The second kappa shape index (κ2) is 5.58. The summed E-state index contributed by atoms with van der Waals surface area (Å²) in [6, 6.07) is 6.73. The van der Waals surface area contributed by atoms with Gasteiger partial charge in [0.1, 0.15) is 11.6 Å². The third-order valence-corrected chi connectivity index (χ3v) is 3.64. The van der Waals surface area contributed by atoms with E-state index in [4.69, 9.17) is 5.73 Å². The van der Waals surface area contributed by atoms with E-state index in [-0.39, 0.29) is 11.3 Å². The van der Waals surface area contributed by atoms with Crippen LogP contribution in [0.5, 0.6) is 0 Å². The molecule has 2 rings (SSSR count). The van der Waals surface area contributed by atoms with E-state index in [1.807, 2.05) is 6.92 Å². The fraction of sp³-hybridized carbons (Fsp3) is 0.0714. The highest BCUT2D eigenvalue weighted by molar-refractivity contribution is 9.10. The van der Waals surface area contributed by atoms with Crippen LogP contribution in [0.3, 0.4) is 0 Å². The maximum atomic E-state index is 13.6. The molecule has 0 spiro atoms. The van der Waals surface area contributed by atoms with Crippen molar-refractivity contribution in [3.05, 3.63) is 57.6 Å². The second-order valence-electron chi connectivity index (χ2n) is 4.27. The van der Waals surface area contributed by atoms with Gasteiger partial charge in [0.05, 0.1) is 11.3 Å². The summed E-state index contributed by atoms with van der Waals surface area (Å²) in [5, 5.41) is 2.54. The Hall–Kier alpha value is -1.95. The molecule has 1 amide bonds. The minimum Gasteiger partial charge on any atom is -0.396 e. The van der Waals surface area contributed by atoms with E-state index in [1.54, 1.807) is 18.2 Å². The average Bonchev–Trinajstić information content (AvgIpc) is 2.38. The Balaban J connectivity index is 2.28. The minimum atomic E-state index is -0.956. The van der Waals surface area contributed by atoms with Crippen LogP contribution in [0, 0.1) is 18.6 Å². The molecule has 0 aliphatic heterocycles. The van der Waals surface area contributed by atoms with Gasteiger partial charge in [-0.3, -0.25) is 4.79 Å². The largest absolute Gasteiger partial charge is 0.396 e. The third kappa shape index (κ3) is 2.96. The van der Waals surface area contributed by atoms with Crippen LogP contribution in [-0.2, 0) is 0 Å². The molecule has 3 N–H and O–H groups in total. The van der Waals surface area contributed by atoms with Crippen molar-refractivity contribution in [1.29, 1.82) is 0 Å². The lowest BCUT2D eigenvalue weighted by atomic mass is 10.1. The van der Waals surface area contributed by atoms with Gasteiger partial charge in [-0.05, 0) is 36.8 Å². The lowest BCUT2D eigenvalue weighted by molar-refractivity contribution is 0.102. The van der Waals surface area contributed by atoms with Crippen molar-refractivity contribution in [2.24, 2.45) is 0 Å². The molecule has 0 fully saturated rings. The number of halogens is 3. The Morgan fingerprint density at radius 3 is 2.55 bits per heavy atom. The highest BCUT2D eigenvalue weighted by Gasteiger charge is 2.15. The van der Waals surface area contributed by atoms with Crippen LogP contribution in [-0.4, -0.2) is 5.91 Å². The predicted octanol–water partition coefficient (Wildman–Crippen LogP) is 3.87. The number of benzene rings is 2. The first-order valence-corrected chi connectivity index (χ1v) is 6.50. The van der Waals surface area contributed by atoms with Crippen LogP contribution in [0.1, 0.15) is 15.9 Å². The molecule has 0 unspecified atom stereocenters. The van der Waals surface area contributed by atoms with E-state index in [0.29, 0.717) is 11.8 Å². The van der Waals surface area contributed by atoms with E-state index in [2.05, 4.69) is 21.2 Å². The van der Waals surface area contributed by atoms with Crippen LogP contribution in [0.15, 0.2) is 34.8 Å². The molecule has 104 valence electrons. The fourth-order valence-electron chi connectivity index (χ4n) is 1.66. The molecule has 0 saturated heterocycles. The summed E-state index contributed by atoms with van der Waals surface area (Å²) < 4.78 is 27.5. The minimum absolute atomic E-state index is 0.275. The summed E-state index contributed by atoms with van der Waals surface area (Å²) in [4.78, 5) is 12.0. The summed E-state index contributed by atoms with van der Waals surface area (Å²) in [7, 11) is 0. The highest BCUT2D eigenvalue weighted by atomic mass is 79.9. The van der Waals surface area contributed by atoms with Crippen molar-refractivity contribution in [1.82, 2.24) is 0 Å². The predicted molar refractivity (Wildman–Crippen MR) is 77.6 cm³/mol. The van der Waals surface area contributed by atoms with Crippen LogP contribution in [0.4, 0.5) is 20.2 Å². The zero-order valence-corrected chi connectivity index (χ0v) is 12.1. The van der Waals surface area contributed by atoms with Crippen molar-refractivity contribution in [2.45, 2.75) is 6.92 Å². The Morgan fingerprint density at radius 1 is 1.20 bits per heavy atom. The number of hydrogen-bond donors (Lipinski definition) is 2. The molecule has 0 radical (unpaired) electrons. The fourth-order valence-corrected chi connectivity index (χ4v) is 1.91. The van der Waals surface area contributed by atoms with Crippen LogP contribution in [0.2, 0.25) is 0 Å². The van der Waals surface area contributed by atoms with Crippen molar-refractivity contribution in [3.8, 4) is 0 Å². The molecule has 0 heterocycles. The van der Waals surface area contributed by atoms with Crippen molar-refractivity contribution in [2.75, 3.05) is 11.1 Å². The monoisotopic (exact) mass is 340 g/mol.